The van der Waals surface area contributed by atoms with Gasteiger partial charge in [0.05, 0.1) is 0 Å². The lowest BCUT2D eigenvalue weighted by atomic mass is 10.2. The van der Waals surface area contributed by atoms with Gasteiger partial charge in [0.2, 0.25) is 11.0 Å². The summed E-state index contributed by atoms with van der Waals surface area (Å²) in [6.07, 6.45) is 2.06. The molecule has 0 aliphatic heterocycles. The Kier molecular flexibility index (Phi) is 5.94. The van der Waals surface area contributed by atoms with E-state index in [1.54, 1.807) is 11.8 Å². The summed E-state index contributed by atoms with van der Waals surface area (Å²) < 4.78 is 6.40. The van der Waals surface area contributed by atoms with Crippen molar-refractivity contribution in [2.45, 2.75) is 5.09 Å². The van der Waals surface area contributed by atoms with Crippen molar-refractivity contribution in [2.24, 2.45) is 0 Å². The van der Waals surface area contributed by atoms with Crippen LogP contribution in [0.3, 0.4) is 0 Å². The molecule has 0 spiro atoms. The van der Waals surface area contributed by atoms with Crippen molar-refractivity contribution in [3.05, 3.63) is 121 Å². The number of benzene rings is 4. The SMILES string of the molecule is CSc1oc(-c2ccccc2)nc1[P+](c1ccccc1)(c1ccccc1)c1ccccc1. The Labute approximate surface area is 193 Å². The summed E-state index contributed by atoms with van der Waals surface area (Å²) in [4.78, 5) is 5.21. The number of nitrogens with zero attached hydrogens (tertiary/aromatic N) is 1. The minimum Gasteiger partial charge on any atom is -0.425 e. The van der Waals surface area contributed by atoms with Gasteiger partial charge in [0, 0.05) is 5.56 Å². The zero-order valence-corrected chi connectivity index (χ0v) is 19.5. The highest BCUT2D eigenvalue weighted by Crippen LogP contribution is 2.55. The average molecular weight is 453 g/mol. The van der Waals surface area contributed by atoms with Crippen LogP contribution in [0.1, 0.15) is 0 Å². The van der Waals surface area contributed by atoms with Crippen molar-refractivity contribution in [3.8, 4) is 11.5 Å². The summed E-state index contributed by atoms with van der Waals surface area (Å²) in [5.74, 6) is 0.664. The lowest BCUT2D eigenvalue weighted by Crippen LogP contribution is -2.39. The first-order valence-electron chi connectivity index (χ1n) is 10.5. The van der Waals surface area contributed by atoms with Crippen molar-refractivity contribution >= 4 is 40.4 Å². The van der Waals surface area contributed by atoms with Crippen LogP contribution in [-0.2, 0) is 0 Å². The maximum atomic E-state index is 6.40. The van der Waals surface area contributed by atoms with Crippen LogP contribution in [0.4, 0.5) is 0 Å². The first kappa shape index (κ1) is 20.8. The standard InChI is InChI=1S/C28H23NOPS/c1-32-28-27(29-26(30-28)22-14-6-2-7-15-22)31(23-16-8-3-9-17-23,24-18-10-4-11-19-24)25-20-12-5-13-21-25/h2-21H,1H3/q+1. The van der Waals surface area contributed by atoms with E-state index >= 15 is 0 Å². The molecule has 156 valence electrons. The lowest BCUT2D eigenvalue weighted by molar-refractivity contribution is 0.488. The Morgan fingerprint density at radius 2 is 1.00 bits per heavy atom. The van der Waals surface area contributed by atoms with Crippen LogP contribution in [0, 0.1) is 0 Å². The van der Waals surface area contributed by atoms with Crippen LogP contribution >= 0.6 is 19.0 Å². The van der Waals surface area contributed by atoms with E-state index in [0.717, 1.165) is 16.1 Å². The van der Waals surface area contributed by atoms with Crippen LogP contribution in [0.25, 0.3) is 11.5 Å². The molecule has 0 N–H and O–H groups in total. The van der Waals surface area contributed by atoms with Gasteiger partial charge in [-0.1, -0.05) is 84.6 Å². The maximum Gasteiger partial charge on any atom is 0.251 e. The highest BCUT2D eigenvalue weighted by Gasteiger charge is 2.52. The molecule has 4 aromatic carbocycles. The van der Waals surface area contributed by atoms with Crippen molar-refractivity contribution < 1.29 is 4.42 Å². The summed E-state index contributed by atoms with van der Waals surface area (Å²) in [7, 11) is -2.29. The molecule has 0 unspecified atom stereocenters. The maximum absolute atomic E-state index is 6.40. The molecule has 0 aliphatic carbocycles. The number of oxazole rings is 1. The van der Waals surface area contributed by atoms with Crippen LogP contribution in [0.15, 0.2) is 131 Å². The summed E-state index contributed by atoms with van der Waals surface area (Å²) in [6.45, 7) is 0. The van der Waals surface area contributed by atoms with Crippen LogP contribution < -0.4 is 21.3 Å². The molecular formula is C28H23NOPS+. The summed E-state index contributed by atoms with van der Waals surface area (Å²) in [6, 6.07) is 42.5. The fourth-order valence-electron chi connectivity index (χ4n) is 4.12. The predicted molar refractivity (Wildman–Crippen MR) is 139 cm³/mol. The minimum atomic E-state index is -2.29. The smallest absolute Gasteiger partial charge is 0.251 e. The Balaban J connectivity index is 1.89. The van der Waals surface area contributed by atoms with Crippen molar-refractivity contribution in [1.82, 2.24) is 4.98 Å². The minimum absolute atomic E-state index is 0.664. The highest BCUT2D eigenvalue weighted by atomic mass is 32.2. The van der Waals surface area contributed by atoms with Crippen molar-refractivity contribution in [3.63, 3.8) is 0 Å². The van der Waals surface area contributed by atoms with E-state index in [4.69, 9.17) is 9.40 Å². The number of hydrogen-bond donors (Lipinski definition) is 0. The van der Waals surface area contributed by atoms with Crippen LogP contribution in [-0.4, -0.2) is 11.2 Å². The fraction of sp³-hybridized carbons (Fsp3) is 0.0357. The molecule has 2 nitrogen and oxygen atoms in total. The topological polar surface area (TPSA) is 26.0 Å². The molecule has 5 aromatic rings. The third kappa shape index (κ3) is 3.58. The fourth-order valence-corrected chi connectivity index (χ4v) is 9.24. The molecule has 0 bridgehead atoms. The zero-order chi connectivity index (χ0) is 21.8. The van der Waals surface area contributed by atoms with Gasteiger partial charge in [-0.3, -0.25) is 0 Å². The third-order valence-electron chi connectivity index (χ3n) is 5.53. The molecule has 0 saturated heterocycles. The monoisotopic (exact) mass is 452 g/mol. The molecule has 32 heavy (non-hydrogen) atoms. The van der Waals surface area contributed by atoms with E-state index < -0.39 is 7.26 Å². The van der Waals surface area contributed by atoms with Gasteiger partial charge in [0.15, 0.2) is 7.26 Å². The van der Waals surface area contributed by atoms with Crippen molar-refractivity contribution in [1.29, 1.82) is 0 Å². The summed E-state index contributed by atoms with van der Waals surface area (Å²) >= 11 is 1.62. The van der Waals surface area contributed by atoms with Gasteiger partial charge in [-0.25, -0.2) is 0 Å². The molecule has 5 rings (SSSR count). The second-order valence-corrected chi connectivity index (χ2v) is 11.5. The Morgan fingerprint density at radius 1 is 0.594 bits per heavy atom. The first-order chi connectivity index (χ1) is 15.8. The number of aromatic nitrogens is 1. The number of thioether (sulfide) groups is 1. The van der Waals surface area contributed by atoms with Gasteiger partial charge in [-0.15, -0.1) is 0 Å². The number of rotatable bonds is 6. The molecule has 1 heterocycles. The third-order valence-corrected chi connectivity index (χ3v) is 10.5. The van der Waals surface area contributed by atoms with Gasteiger partial charge in [-0.05, 0) is 54.8 Å². The van der Waals surface area contributed by atoms with Gasteiger partial charge in [-0.2, -0.15) is 4.98 Å². The van der Waals surface area contributed by atoms with E-state index in [1.807, 2.05) is 30.3 Å². The van der Waals surface area contributed by atoms with E-state index in [1.165, 1.54) is 15.9 Å². The van der Waals surface area contributed by atoms with E-state index in [0.29, 0.717) is 5.89 Å². The number of hydrogen-bond acceptors (Lipinski definition) is 3. The molecule has 0 atom stereocenters. The van der Waals surface area contributed by atoms with E-state index in [-0.39, 0.29) is 0 Å². The molecule has 0 aliphatic rings. The predicted octanol–water partition coefficient (Wildman–Crippen LogP) is 5.68. The largest absolute Gasteiger partial charge is 0.425 e. The van der Waals surface area contributed by atoms with Gasteiger partial charge in [0.25, 0.3) is 5.44 Å². The summed E-state index contributed by atoms with van der Waals surface area (Å²) in [5, 5.41) is 4.66. The van der Waals surface area contributed by atoms with Gasteiger partial charge in [0.1, 0.15) is 15.9 Å². The van der Waals surface area contributed by atoms with Crippen molar-refractivity contribution in [2.75, 3.05) is 6.26 Å². The van der Waals surface area contributed by atoms with Gasteiger partial charge < -0.3 is 4.42 Å². The van der Waals surface area contributed by atoms with E-state index in [9.17, 15) is 0 Å². The Bertz CT molecular complexity index is 1190. The summed E-state index contributed by atoms with van der Waals surface area (Å²) in [5.41, 5.74) is 2.01. The molecule has 0 saturated carbocycles. The second-order valence-electron chi connectivity index (χ2n) is 7.38. The molecule has 1 aromatic heterocycles. The quantitative estimate of drug-likeness (QED) is 0.245. The molecule has 0 radical (unpaired) electrons. The normalized spacial score (nSPS) is 11.4. The molecular weight excluding hydrogens is 429 g/mol. The zero-order valence-electron chi connectivity index (χ0n) is 17.8. The van der Waals surface area contributed by atoms with E-state index in [2.05, 4.69) is 97.3 Å². The second kappa shape index (κ2) is 9.16. The molecule has 0 fully saturated rings. The van der Waals surface area contributed by atoms with Crippen LogP contribution in [0.5, 0.6) is 0 Å². The Hall–Kier alpha value is -3.13. The molecule has 4 heteroatoms. The average Bonchev–Trinajstić information content (AvgIpc) is 3.32. The molecule has 0 amide bonds. The first-order valence-corrected chi connectivity index (χ1v) is 13.5. The lowest BCUT2D eigenvalue weighted by Gasteiger charge is -2.25. The van der Waals surface area contributed by atoms with Crippen LogP contribution in [0.2, 0.25) is 0 Å². The Morgan fingerprint density at radius 3 is 1.41 bits per heavy atom. The van der Waals surface area contributed by atoms with Gasteiger partial charge >= 0.3 is 0 Å². The highest BCUT2D eigenvalue weighted by molar-refractivity contribution is 8.04.